The Morgan fingerprint density at radius 2 is 2.12 bits per heavy atom. The molecule has 0 unspecified atom stereocenters. The molecular weight excluding hydrogens is 320 g/mol. The van der Waals surface area contributed by atoms with Crippen LogP contribution in [0.25, 0.3) is 0 Å². The van der Waals surface area contributed by atoms with Crippen LogP contribution in [0, 0.1) is 0 Å². The van der Waals surface area contributed by atoms with Gasteiger partial charge in [-0.25, -0.2) is 0 Å². The second kappa shape index (κ2) is 8.22. The molecule has 126 valence electrons. The molecule has 0 spiro atoms. The van der Waals surface area contributed by atoms with Crippen LogP contribution in [-0.2, 0) is 17.8 Å². The predicted octanol–water partition coefficient (Wildman–Crippen LogP) is 2.67. The molecule has 24 heavy (non-hydrogen) atoms. The van der Waals surface area contributed by atoms with Gasteiger partial charge in [-0.2, -0.15) is 11.8 Å². The van der Waals surface area contributed by atoms with Crippen LogP contribution in [0.5, 0.6) is 5.75 Å². The molecule has 0 aromatic heterocycles. The van der Waals surface area contributed by atoms with Gasteiger partial charge in [-0.05, 0) is 41.0 Å². The van der Waals surface area contributed by atoms with Gasteiger partial charge in [-0.15, -0.1) is 0 Å². The standard InChI is InChI=1S/C19H22N2O2S/c20-19(22)12-23-16-6-3-4-14(10-16)11-21-18-13-24-9-8-15-5-1-2-7-17(15)18/h1-7,10,18,21H,8-9,11-13H2,(H2,20,22)/t18-/m0/s1. The number of benzene rings is 2. The summed E-state index contributed by atoms with van der Waals surface area (Å²) in [5.74, 6) is 2.45. The van der Waals surface area contributed by atoms with Gasteiger partial charge in [-0.1, -0.05) is 36.4 Å². The number of amides is 1. The first kappa shape index (κ1) is 16.9. The summed E-state index contributed by atoms with van der Waals surface area (Å²) in [5, 5.41) is 3.66. The minimum atomic E-state index is -0.467. The Morgan fingerprint density at radius 1 is 1.25 bits per heavy atom. The Bertz CT molecular complexity index is 705. The van der Waals surface area contributed by atoms with Crippen molar-refractivity contribution in [2.75, 3.05) is 18.1 Å². The summed E-state index contributed by atoms with van der Waals surface area (Å²) >= 11 is 1.99. The molecule has 1 aliphatic rings. The number of carbonyl (C=O) groups excluding carboxylic acids is 1. The summed E-state index contributed by atoms with van der Waals surface area (Å²) in [5.41, 5.74) is 9.09. The number of hydrogen-bond acceptors (Lipinski definition) is 4. The van der Waals surface area contributed by atoms with E-state index in [9.17, 15) is 4.79 Å². The Morgan fingerprint density at radius 3 is 3.00 bits per heavy atom. The van der Waals surface area contributed by atoms with Gasteiger partial charge < -0.3 is 15.8 Å². The largest absolute Gasteiger partial charge is 0.484 e. The number of rotatable bonds is 6. The van der Waals surface area contributed by atoms with E-state index < -0.39 is 5.91 Å². The first-order valence-corrected chi connectivity index (χ1v) is 9.27. The van der Waals surface area contributed by atoms with Crippen LogP contribution >= 0.6 is 11.8 Å². The highest BCUT2D eigenvalue weighted by Crippen LogP contribution is 2.28. The van der Waals surface area contributed by atoms with Crippen LogP contribution in [0.3, 0.4) is 0 Å². The van der Waals surface area contributed by atoms with Crippen LogP contribution in [0.15, 0.2) is 48.5 Å². The molecular formula is C19H22N2O2S. The van der Waals surface area contributed by atoms with E-state index in [0.717, 1.165) is 24.3 Å². The van der Waals surface area contributed by atoms with Crippen LogP contribution in [0.2, 0.25) is 0 Å². The molecule has 1 aliphatic heterocycles. The first-order chi connectivity index (χ1) is 11.7. The quantitative estimate of drug-likeness (QED) is 0.847. The monoisotopic (exact) mass is 342 g/mol. The average molecular weight is 342 g/mol. The second-order valence-electron chi connectivity index (χ2n) is 5.86. The third kappa shape index (κ3) is 4.52. The van der Waals surface area contributed by atoms with Gasteiger partial charge in [0.05, 0.1) is 0 Å². The van der Waals surface area contributed by atoms with E-state index in [1.807, 2.05) is 30.0 Å². The van der Waals surface area contributed by atoms with Gasteiger partial charge in [0.1, 0.15) is 5.75 Å². The third-order valence-electron chi connectivity index (χ3n) is 4.06. The van der Waals surface area contributed by atoms with Crippen molar-refractivity contribution in [2.45, 2.75) is 19.0 Å². The Hall–Kier alpha value is -1.98. The number of primary amides is 1. The molecule has 2 aromatic rings. The van der Waals surface area contributed by atoms with Gasteiger partial charge in [-0.3, -0.25) is 4.79 Å². The average Bonchev–Trinajstić information content (AvgIpc) is 2.81. The molecule has 1 heterocycles. The minimum absolute atomic E-state index is 0.0937. The zero-order valence-corrected chi connectivity index (χ0v) is 14.4. The van der Waals surface area contributed by atoms with Crippen molar-refractivity contribution in [2.24, 2.45) is 5.73 Å². The van der Waals surface area contributed by atoms with Gasteiger partial charge in [0.15, 0.2) is 6.61 Å². The van der Waals surface area contributed by atoms with E-state index in [-0.39, 0.29) is 6.61 Å². The SMILES string of the molecule is NC(=O)COc1cccc(CN[C@H]2CSCCc3ccccc32)c1. The number of thioether (sulfide) groups is 1. The lowest BCUT2D eigenvalue weighted by Gasteiger charge is -2.19. The van der Waals surface area contributed by atoms with Crippen molar-refractivity contribution in [3.05, 3.63) is 65.2 Å². The van der Waals surface area contributed by atoms with Crippen molar-refractivity contribution < 1.29 is 9.53 Å². The van der Waals surface area contributed by atoms with Crippen LogP contribution in [-0.4, -0.2) is 24.0 Å². The summed E-state index contributed by atoms with van der Waals surface area (Å²) in [6.07, 6.45) is 1.13. The fraction of sp³-hybridized carbons (Fsp3) is 0.316. The molecule has 1 amide bonds. The fourth-order valence-electron chi connectivity index (χ4n) is 2.88. The van der Waals surface area contributed by atoms with Crippen molar-refractivity contribution >= 4 is 17.7 Å². The van der Waals surface area contributed by atoms with E-state index >= 15 is 0 Å². The lowest BCUT2D eigenvalue weighted by molar-refractivity contribution is -0.119. The van der Waals surface area contributed by atoms with E-state index in [1.165, 1.54) is 16.9 Å². The van der Waals surface area contributed by atoms with Gasteiger partial charge in [0.25, 0.3) is 5.91 Å². The molecule has 0 radical (unpaired) electrons. The fourth-order valence-corrected chi connectivity index (χ4v) is 3.95. The Balaban J connectivity index is 1.65. The maximum atomic E-state index is 10.8. The maximum absolute atomic E-state index is 10.8. The molecule has 2 aromatic carbocycles. The lowest BCUT2D eigenvalue weighted by Crippen LogP contribution is -2.23. The molecule has 1 atom stereocenters. The van der Waals surface area contributed by atoms with E-state index in [4.69, 9.17) is 10.5 Å². The predicted molar refractivity (Wildman–Crippen MR) is 98.2 cm³/mol. The van der Waals surface area contributed by atoms with Crippen LogP contribution in [0.1, 0.15) is 22.7 Å². The summed E-state index contributed by atoms with van der Waals surface area (Å²) in [6, 6.07) is 16.8. The number of fused-ring (bicyclic) bond motifs is 1. The van der Waals surface area contributed by atoms with Crippen molar-refractivity contribution in [3.63, 3.8) is 0 Å². The van der Waals surface area contributed by atoms with Crippen molar-refractivity contribution in [1.29, 1.82) is 0 Å². The number of ether oxygens (including phenoxy) is 1. The molecule has 0 saturated carbocycles. The minimum Gasteiger partial charge on any atom is -0.484 e. The third-order valence-corrected chi connectivity index (χ3v) is 5.12. The number of carbonyl (C=O) groups is 1. The molecule has 3 rings (SSSR count). The van der Waals surface area contributed by atoms with Gasteiger partial charge in [0.2, 0.25) is 0 Å². The topological polar surface area (TPSA) is 64.4 Å². The molecule has 0 fully saturated rings. The number of nitrogens with two attached hydrogens (primary N) is 1. The zero-order valence-electron chi connectivity index (χ0n) is 13.5. The van der Waals surface area contributed by atoms with Gasteiger partial charge >= 0.3 is 0 Å². The molecule has 4 nitrogen and oxygen atoms in total. The molecule has 0 bridgehead atoms. The van der Waals surface area contributed by atoms with Crippen molar-refractivity contribution in [1.82, 2.24) is 5.32 Å². The number of hydrogen-bond donors (Lipinski definition) is 2. The van der Waals surface area contributed by atoms with Crippen LogP contribution < -0.4 is 15.8 Å². The molecule has 0 saturated heterocycles. The summed E-state index contributed by atoms with van der Waals surface area (Å²) in [6.45, 7) is 0.664. The number of aryl methyl sites for hydroxylation is 1. The lowest BCUT2D eigenvalue weighted by atomic mass is 9.99. The summed E-state index contributed by atoms with van der Waals surface area (Å²) in [7, 11) is 0. The van der Waals surface area contributed by atoms with Gasteiger partial charge in [0, 0.05) is 18.3 Å². The molecule has 3 N–H and O–H groups in total. The molecule has 0 aliphatic carbocycles. The Kier molecular flexibility index (Phi) is 5.77. The highest BCUT2D eigenvalue weighted by molar-refractivity contribution is 7.99. The van der Waals surface area contributed by atoms with E-state index in [0.29, 0.717) is 11.8 Å². The van der Waals surface area contributed by atoms with E-state index in [1.54, 1.807) is 0 Å². The van der Waals surface area contributed by atoms with Crippen LogP contribution in [0.4, 0.5) is 0 Å². The first-order valence-electron chi connectivity index (χ1n) is 8.11. The summed E-state index contributed by atoms with van der Waals surface area (Å²) < 4.78 is 5.37. The maximum Gasteiger partial charge on any atom is 0.255 e. The highest BCUT2D eigenvalue weighted by Gasteiger charge is 2.18. The summed E-state index contributed by atoms with van der Waals surface area (Å²) in [4.78, 5) is 10.8. The molecule has 5 heteroatoms. The highest BCUT2D eigenvalue weighted by atomic mass is 32.2. The van der Waals surface area contributed by atoms with E-state index in [2.05, 4.69) is 35.6 Å². The zero-order chi connectivity index (χ0) is 16.8. The Labute approximate surface area is 146 Å². The second-order valence-corrected chi connectivity index (χ2v) is 7.01. The normalized spacial score (nSPS) is 16.9. The number of nitrogens with one attached hydrogen (secondary N) is 1. The van der Waals surface area contributed by atoms with Crippen molar-refractivity contribution in [3.8, 4) is 5.75 Å². The smallest absolute Gasteiger partial charge is 0.255 e.